The molecule has 1 aliphatic carbocycles. The summed E-state index contributed by atoms with van der Waals surface area (Å²) in [5.74, 6) is 1.28. The molecule has 1 fully saturated rings. The van der Waals surface area contributed by atoms with E-state index in [1.165, 1.54) is 25.3 Å². The van der Waals surface area contributed by atoms with Gasteiger partial charge in [0.2, 0.25) is 5.91 Å². The minimum absolute atomic E-state index is 0.0886. The van der Waals surface area contributed by atoms with Crippen LogP contribution in [0.1, 0.15) is 49.7 Å². The van der Waals surface area contributed by atoms with Crippen LogP contribution in [-0.4, -0.2) is 37.8 Å². The minimum Gasteiger partial charge on any atom is -0.356 e. The van der Waals surface area contributed by atoms with Crippen molar-refractivity contribution in [3.05, 3.63) is 35.1 Å². The summed E-state index contributed by atoms with van der Waals surface area (Å²) < 4.78 is 13.4. The van der Waals surface area contributed by atoms with Crippen LogP contribution in [0.25, 0.3) is 0 Å². The van der Waals surface area contributed by atoms with Crippen molar-refractivity contribution < 1.29 is 9.18 Å². The van der Waals surface area contributed by atoms with Crippen LogP contribution in [0.4, 0.5) is 4.39 Å². The number of carbonyl (C=O) groups is 1. The van der Waals surface area contributed by atoms with Crippen molar-refractivity contribution in [1.29, 1.82) is 0 Å². The van der Waals surface area contributed by atoms with E-state index in [2.05, 4.69) is 20.9 Å². The van der Waals surface area contributed by atoms with Crippen LogP contribution >= 0.6 is 11.8 Å². The summed E-state index contributed by atoms with van der Waals surface area (Å²) in [6, 6.07) is 5.21. The van der Waals surface area contributed by atoms with Crippen molar-refractivity contribution >= 4 is 23.6 Å². The maximum atomic E-state index is 13.4. The molecule has 0 atom stereocenters. The van der Waals surface area contributed by atoms with E-state index >= 15 is 0 Å². The number of guanidine groups is 1. The second-order valence-corrected chi connectivity index (χ2v) is 7.72. The van der Waals surface area contributed by atoms with E-state index in [4.69, 9.17) is 0 Å². The Bertz CT molecular complexity index is 632. The molecule has 2 rings (SSSR count). The average Bonchev–Trinajstić information content (AvgIpc) is 2.67. The number of hydrogen-bond donors (Lipinski definition) is 3. The zero-order valence-corrected chi connectivity index (χ0v) is 17.1. The molecule has 0 radical (unpaired) electrons. The summed E-state index contributed by atoms with van der Waals surface area (Å²) in [5, 5.41) is 9.52. The highest BCUT2D eigenvalue weighted by Gasteiger charge is 2.15. The number of benzene rings is 1. The number of carbonyl (C=O) groups excluding carboxylic acids is 1. The Labute approximate surface area is 166 Å². The van der Waals surface area contributed by atoms with Crippen molar-refractivity contribution in [3.8, 4) is 0 Å². The maximum Gasteiger partial charge on any atom is 0.221 e. The Balaban J connectivity index is 1.73. The van der Waals surface area contributed by atoms with Gasteiger partial charge < -0.3 is 16.0 Å². The molecule has 27 heavy (non-hydrogen) atoms. The fourth-order valence-corrected chi connectivity index (χ4v) is 3.88. The smallest absolute Gasteiger partial charge is 0.221 e. The van der Waals surface area contributed by atoms with E-state index in [9.17, 15) is 9.18 Å². The summed E-state index contributed by atoms with van der Waals surface area (Å²) in [7, 11) is 1.70. The molecule has 1 amide bonds. The van der Waals surface area contributed by atoms with Crippen LogP contribution in [0.3, 0.4) is 0 Å². The third-order valence-electron chi connectivity index (χ3n) is 4.75. The zero-order chi connectivity index (χ0) is 19.5. The van der Waals surface area contributed by atoms with Crippen LogP contribution in [-0.2, 0) is 17.1 Å². The normalized spacial score (nSPS) is 15.4. The molecule has 3 N–H and O–H groups in total. The molecule has 1 aromatic carbocycles. The van der Waals surface area contributed by atoms with Gasteiger partial charge in [0.25, 0.3) is 0 Å². The molecule has 0 bridgehead atoms. The highest BCUT2D eigenvalue weighted by Crippen LogP contribution is 2.17. The number of halogens is 1. The highest BCUT2D eigenvalue weighted by molar-refractivity contribution is 7.97. The predicted molar refractivity (Wildman–Crippen MR) is 111 cm³/mol. The molecule has 0 spiro atoms. The van der Waals surface area contributed by atoms with Gasteiger partial charge in [-0.15, -0.1) is 0 Å². The highest BCUT2D eigenvalue weighted by atomic mass is 32.2. The molecular weight excluding hydrogens is 363 g/mol. The Morgan fingerprint density at radius 3 is 2.70 bits per heavy atom. The second kappa shape index (κ2) is 11.8. The van der Waals surface area contributed by atoms with Crippen LogP contribution in [0, 0.1) is 5.82 Å². The minimum atomic E-state index is -0.214. The number of rotatable bonds is 8. The maximum absolute atomic E-state index is 13.4. The van der Waals surface area contributed by atoms with Crippen LogP contribution < -0.4 is 16.0 Å². The lowest BCUT2D eigenvalue weighted by Crippen LogP contribution is -2.41. The van der Waals surface area contributed by atoms with Gasteiger partial charge in [0.05, 0.1) is 0 Å². The number of hydrogen-bond acceptors (Lipinski definition) is 3. The van der Waals surface area contributed by atoms with E-state index < -0.39 is 0 Å². The SMILES string of the molecule is CN=C(NCCC(=O)NC1CCCCC1)NCc1ccc(F)cc1CSC. The molecular formula is C20H31FN4OS. The van der Waals surface area contributed by atoms with Gasteiger partial charge in [0.15, 0.2) is 5.96 Å². The third kappa shape index (κ3) is 7.79. The molecule has 7 heteroatoms. The van der Waals surface area contributed by atoms with Crippen LogP contribution in [0.2, 0.25) is 0 Å². The lowest BCUT2D eigenvalue weighted by molar-refractivity contribution is -0.121. The summed E-state index contributed by atoms with van der Waals surface area (Å²) in [5.41, 5.74) is 2.03. The number of aliphatic imine (C=N–C) groups is 1. The molecule has 0 aliphatic heterocycles. The second-order valence-electron chi connectivity index (χ2n) is 6.85. The molecule has 0 saturated heterocycles. The van der Waals surface area contributed by atoms with E-state index in [1.54, 1.807) is 30.9 Å². The third-order valence-corrected chi connectivity index (χ3v) is 5.35. The quantitative estimate of drug-likeness (QED) is 0.468. The number of thioether (sulfide) groups is 1. The lowest BCUT2D eigenvalue weighted by Gasteiger charge is -2.22. The topological polar surface area (TPSA) is 65.5 Å². The molecule has 1 aromatic rings. The Kier molecular flexibility index (Phi) is 9.45. The zero-order valence-electron chi connectivity index (χ0n) is 16.3. The standard InChI is InChI=1S/C20H31FN4OS/c1-22-20(23-11-10-19(26)25-18-6-4-3-5-7-18)24-13-15-8-9-17(21)12-16(15)14-27-2/h8-9,12,18H,3-7,10-11,13-14H2,1-2H3,(H,25,26)(H2,22,23,24). The van der Waals surface area contributed by atoms with Crippen molar-refractivity contribution in [2.75, 3.05) is 19.8 Å². The molecule has 0 aromatic heterocycles. The number of nitrogens with zero attached hydrogens (tertiary/aromatic N) is 1. The van der Waals surface area contributed by atoms with Gasteiger partial charge in [-0.25, -0.2) is 4.39 Å². The fourth-order valence-electron chi connectivity index (χ4n) is 3.30. The first-order chi connectivity index (χ1) is 13.1. The summed E-state index contributed by atoms with van der Waals surface area (Å²) in [6.07, 6.45) is 8.31. The molecule has 0 heterocycles. The fraction of sp³-hybridized carbons (Fsp3) is 0.600. The first kappa shape index (κ1) is 21.5. The molecule has 0 unspecified atom stereocenters. The Morgan fingerprint density at radius 1 is 1.22 bits per heavy atom. The van der Waals surface area contributed by atoms with Gasteiger partial charge >= 0.3 is 0 Å². The first-order valence-corrected chi connectivity index (χ1v) is 11.0. The molecule has 5 nitrogen and oxygen atoms in total. The van der Waals surface area contributed by atoms with E-state index in [-0.39, 0.29) is 11.7 Å². The van der Waals surface area contributed by atoms with Gasteiger partial charge in [0, 0.05) is 38.4 Å². The van der Waals surface area contributed by atoms with E-state index in [1.807, 2.05) is 6.26 Å². The average molecular weight is 395 g/mol. The monoisotopic (exact) mass is 394 g/mol. The summed E-state index contributed by atoms with van der Waals surface area (Å²) in [6.45, 7) is 1.09. The van der Waals surface area contributed by atoms with Gasteiger partial charge in [-0.05, 0) is 42.4 Å². The molecule has 150 valence electrons. The number of nitrogens with one attached hydrogen (secondary N) is 3. The Hall–Kier alpha value is -1.76. The van der Waals surface area contributed by atoms with Gasteiger partial charge in [-0.2, -0.15) is 11.8 Å². The van der Waals surface area contributed by atoms with E-state index in [0.29, 0.717) is 31.5 Å². The lowest BCUT2D eigenvalue weighted by atomic mass is 9.95. The Morgan fingerprint density at radius 2 is 2.00 bits per heavy atom. The summed E-state index contributed by atoms with van der Waals surface area (Å²) in [4.78, 5) is 16.3. The van der Waals surface area contributed by atoms with E-state index in [0.717, 1.165) is 29.7 Å². The molecule has 1 saturated carbocycles. The molecule has 1 aliphatic rings. The summed E-state index contributed by atoms with van der Waals surface area (Å²) >= 11 is 1.66. The van der Waals surface area contributed by atoms with Crippen molar-refractivity contribution in [3.63, 3.8) is 0 Å². The van der Waals surface area contributed by atoms with Gasteiger partial charge in [-0.1, -0.05) is 25.3 Å². The van der Waals surface area contributed by atoms with Crippen molar-refractivity contribution in [2.24, 2.45) is 4.99 Å². The van der Waals surface area contributed by atoms with Gasteiger partial charge in [0.1, 0.15) is 5.82 Å². The number of amides is 1. The van der Waals surface area contributed by atoms with Crippen LogP contribution in [0.5, 0.6) is 0 Å². The van der Waals surface area contributed by atoms with Gasteiger partial charge in [-0.3, -0.25) is 9.79 Å². The first-order valence-electron chi connectivity index (χ1n) is 9.62. The predicted octanol–water partition coefficient (Wildman–Crippen LogP) is 3.19. The van der Waals surface area contributed by atoms with Crippen LogP contribution in [0.15, 0.2) is 23.2 Å². The largest absolute Gasteiger partial charge is 0.356 e. The van der Waals surface area contributed by atoms with Crippen molar-refractivity contribution in [1.82, 2.24) is 16.0 Å². The van der Waals surface area contributed by atoms with Crippen molar-refractivity contribution in [2.45, 2.75) is 56.9 Å².